The summed E-state index contributed by atoms with van der Waals surface area (Å²) < 4.78 is 19.1. The zero-order chi connectivity index (χ0) is 14.7. The van der Waals surface area contributed by atoms with Crippen LogP contribution in [0, 0.1) is 5.82 Å². The Bertz CT molecular complexity index is 609. The van der Waals surface area contributed by atoms with E-state index in [4.69, 9.17) is 9.52 Å². The molecule has 20 heavy (non-hydrogen) atoms. The highest BCUT2D eigenvalue weighted by atomic mass is 19.1. The number of halogens is 1. The van der Waals surface area contributed by atoms with Gasteiger partial charge in [0.1, 0.15) is 11.6 Å². The first kappa shape index (κ1) is 14.3. The molecule has 1 N–H and O–H groups in total. The summed E-state index contributed by atoms with van der Waals surface area (Å²) in [6.45, 7) is 1.59. The average Bonchev–Trinajstić information content (AvgIpc) is 2.94. The number of aliphatic hydroxyl groups excluding tert-OH is 1. The van der Waals surface area contributed by atoms with Gasteiger partial charge in [0, 0.05) is 7.05 Å². The number of aliphatic hydroxyl groups is 1. The van der Waals surface area contributed by atoms with Crippen LogP contribution in [-0.2, 0) is 0 Å². The molecule has 1 aromatic heterocycles. The Morgan fingerprint density at radius 2 is 2.05 bits per heavy atom. The minimum atomic E-state index is -0.405. The molecule has 1 amide bonds. The summed E-state index contributed by atoms with van der Waals surface area (Å²) in [6.07, 6.45) is 0. The number of benzene rings is 1. The Kier molecular flexibility index (Phi) is 4.20. The van der Waals surface area contributed by atoms with Gasteiger partial charge in [-0.3, -0.25) is 4.79 Å². The molecule has 4 nitrogen and oxygen atoms in total. The number of rotatable bonds is 4. The lowest BCUT2D eigenvalue weighted by atomic mass is 10.1. The van der Waals surface area contributed by atoms with Crippen LogP contribution < -0.4 is 0 Å². The Hall–Kier alpha value is -2.14. The zero-order valence-electron chi connectivity index (χ0n) is 11.3. The number of hydrogen-bond acceptors (Lipinski definition) is 3. The quantitative estimate of drug-likeness (QED) is 0.934. The zero-order valence-corrected chi connectivity index (χ0v) is 11.3. The molecule has 0 saturated heterocycles. The molecule has 0 aliphatic heterocycles. The maximum Gasteiger partial charge on any atom is 0.289 e. The monoisotopic (exact) mass is 277 g/mol. The van der Waals surface area contributed by atoms with Crippen LogP contribution in [0.5, 0.6) is 0 Å². The summed E-state index contributed by atoms with van der Waals surface area (Å²) in [5, 5.41) is 9.05. The molecule has 2 rings (SSSR count). The maximum absolute atomic E-state index is 13.6. The van der Waals surface area contributed by atoms with Gasteiger partial charge in [-0.2, -0.15) is 0 Å². The summed E-state index contributed by atoms with van der Waals surface area (Å²) in [4.78, 5) is 13.5. The minimum Gasteiger partial charge on any atom is -0.451 e. The second-order valence-corrected chi connectivity index (χ2v) is 4.59. The van der Waals surface area contributed by atoms with Crippen LogP contribution in [0.4, 0.5) is 4.39 Å². The third-order valence-corrected chi connectivity index (χ3v) is 3.20. The van der Waals surface area contributed by atoms with Crippen molar-refractivity contribution in [3.05, 3.63) is 48.0 Å². The molecule has 106 valence electrons. The molecule has 0 saturated carbocycles. The smallest absolute Gasteiger partial charge is 0.289 e. The van der Waals surface area contributed by atoms with Gasteiger partial charge in [0.05, 0.1) is 18.2 Å². The van der Waals surface area contributed by atoms with Crippen LogP contribution >= 0.6 is 0 Å². The number of nitrogens with zero attached hydrogens (tertiary/aromatic N) is 1. The van der Waals surface area contributed by atoms with E-state index in [1.165, 1.54) is 17.0 Å². The maximum atomic E-state index is 13.6. The Morgan fingerprint density at radius 1 is 1.35 bits per heavy atom. The fraction of sp³-hybridized carbons (Fsp3) is 0.267. The van der Waals surface area contributed by atoms with Gasteiger partial charge in [-0.05, 0) is 31.2 Å². The summed E-state index contributed by atoms with van der Waals surface area (Å²) in [5.41, 5.74) is 0.310. The molecule has 0 bridgehead atoms. The molecule has 0 aliphatic rings. The van der Waals surface area contributed by atoms with Crippen molar-refractivity contribution in [2.45, 2.75) is 13.0 Å². The Labute approximate surface area is 116 Å². The SMILES string of the molecule is CC(CO)N(C)C(=O)c1ccc(-c2ccccc2F)o1. The third-order valence-electron chi connectivity index (χ3n) is 3.20. The van der Waals surface area contributed by atoms with Crippen LogP contribution in [0.25, 0.3) is 11.3 Å². The van der Waals surface area contributed by atoms with Crippen LogP contribution in [0.1, 0.15) is 17.5 Å². The molecule has 1 aromatic carbocycles. The summed E-state index contributed by atoms with van der Waals surface area (Å²) in [5.74, 6) is -0.338. The predicted molar refractivity (Wildman–Crippen MR) is 72.7 cm³/mol. The number of furan rings is 1. The summed E-state index contributed by atoms with van der Waals surface area (Å²) in [7, 11) is 1.58. The van der Waals surface area contributed by atoms with Crippen molar-refractivity contribution in [3.63, 3.8) is 0 Å². The topological polar surface area (TPSA) is 53.7 Å². The van der Waals surface area contributed by atoms with Crippen molar-refractivity contribution >= 4 is 5.91 Å². The first-order chi connectivity index (χ1) is 9.54. The van der Waals surface area contributed by atoms with Crippen molar-refractivity contribution in [1.82, 2.24) is 4.90 Å². The molecule has 0 radical (unpaired) electrons. The van der Waals surface area contributed by atoms with Gasteiger partial charge in [-0.25, -0.2) is 4.39 Å². The predicted octanol–water partition coefficient (Wildman–Crippen LogP) is 2.54. The summed E-state index contributed by atoms with van der Waals surface area (Å²) >= 11 is 0. The first-order valence-electron chi connectivity index (χ1n) is 6.27. The van der Waals surface area contributed by atoms with Gasteiger partial charge < -0.3 is 14.4 Å². The second-order valence-electron chi connectivity index (χ2n) is 4.59. The normalized spacial score (nSPS) is 12.2. The van der Waals surface area contributed by atoms with E-state index in [0.29, 0.717) is 11.3 Å². The molecule has 0 fully saturated rings. The molecule has 2 aromatic rings. The van der Waals surface area contributed by atoms with Crippen molar-refractivity contribution in [2.24, 2.45) is 0 Å². The average molecular weight is 277 g/mol. The highest BCUT2D eigenvalue weighted by Crippen LogP contribution is 2.25. The van der Waals surface area contributed by atoms with E-state index in [9.17, 15) is 9.18 Å². The van der Waals surface area contributed by atoms with Crippen LogP contribution in [0.2, 0.25) is 0 Å². The number of likely N-dealkylation sites (N-methyl/N-ethyl adjacent to an activating group) is 1. The van der Waals surface area contributed by atoms with Gasteiger partial charge in [0.15, 0.2) is 5.76 Å². The number of carbonyl (C=O) groups excluding carboxylic acids is 1. The van der Waals surface area contributed by atoms with Crippen LogP contribution in [-0.4, -0.2) is 35.6 Å². The molecule has 5 heteroatoms. The van der Waals surface area contributed by atoms with Gasteiger partial charge in [-0.1, -0.05) is 12.1 Å². The summed E-state index contributed by atoms with van der Waals surface area (Å²) in [6, 6.07) is 8.95. The van der Waals surface area contributed by atoms with E-state index >= 15 is 0 Å². The van der Waals surface area contributed by atoms with E-state index in [1.807, 2.05) is 0 Å². The molecular formula is C15H16FNO3. The lowest BCUT2D eigenvalue weighted by Gasteiger charge is -2.21. The molecule has 1 atom stereocenters. The van der Waals surface area contributed by atoms with Crippen molar-refractivity contribution in [3.8, 4) is 11.3 Å². The van der Waals surface area contributed by atoms with Crippen LogP contribution in [0.15, 0.2) is 40.8 Å². The van der Waals surface area contributed by atoms with E-state index in [1.54, 1.807) is 38.2 Å². The first-order valence-corrected chi connectivity index (χ1v) is 6.27. The van der Waals surface area contributed by atoms with E-state index in [2.05, 4.69) is 0 Å². The number of hydrogen-bond donors (Lipinski definition) is 1. The molecule has 1 unspecified atom stereocenters. The highest BCUT2D eigenvalue weighted by molar-refractivity contribution is 5.92. The van der Waals surface area contributed by atoms with Gasteiger partial charge in [0.2, 0.25) is 0 Å². The van der Waals surface area contributed by atoms with E-state index < -0.39 is 5.82 Å². The Morgan fingerprint density at radius 3 is 2.70 bits per heavy atom. The highest BCUT2D eigenvalue weighted by Gasteiger charge is 2.20. The van der Waals surface area contributed by atoms with E-state index in [0.717, 1.165) is 0 Å². The molecular weight excluding hydrogens is 261 g/mol. The second kappa shape index (κ2) is 5.88. The fourth-order valence-corrected chi connectivity index (χ4v) is 1.76. The van der Waals surface area contributed by atoms with Crippen molar-refractivity contribution in [2.75, 3.05) is 13.7 Å². The van der Waals surface area contributed by atoms with Gasteiger partial charge in [0.25, 0.3) is 5.91 Å². The third kappa shape index (κ3) is 2.72. The molecule has 0 aliphatic carbocycles. The lowest BCUT2D eigenvalue weighted by molar-refractivity contribution is 0.0651. The molecule has 0 spiro atoms. The van der Waals surface area contributed by atoms with Crippen molar-refractivity contribution < 1.29 is 18.7 Å². The van der Waals surface area contributed by atoms with Gasteiger partial charge in [-0.15, -0.1) is 0 Å². The fourth-order valence-electron chi connectivity index (χ4n) is 1.76. The largest absolute Gasteiger partial charge is 0.451 e. The molecule has 1 heterocycles. The van der Waals surface area contributed by atoms with E-state index in [-0.39, 0.29) is 24.3 Å². The van der Waals surface area contributed by atoms with Gasteiger partial charge >= 0.3 is 0 Å². The lowest BCUT2D eigenvalue weighted by Crippen LogP contribution is -2.37. The van der Waals surface area contributed by atoms with Crippen molar-refractivity contribution in [1.29, 1.82) is 0 Å². The number of amides is 1. The van der Waals surface area contributed by atoms with Crippen LogP contribution in [0.3, 0.4) is 0 Å². The Balaban J connectivity index is 2.26. The number of carbonyl (C=O) groups is 1. The standard InChI is InChI=1S/C15H16FNO3/c1-10(9-18)17(2)15(19)14-8-7-13(20-14)11-5-3-4-6-12(11)16/h3-8,10,18H,9H2,1-2H3. The minimum absolute atomic E-state index is 0.117.